The lowest BCUT2D eigenvalue weighted by molar-refractivity contribution is -0.151. The SMILES string of the molecule is COC(=O)c1c(NC(=O)[C@H]2[C@@H](C(=O)O)[C@H]3C=C[C@H]2CC3)sc(C)c1-c1ccc(C)cc1. The third-order valence-electron chi connectivity index (χ3n) is 6.39. The van der Waals surface area contributed by atoms with Crippen LogP contribution in [0.15, 0.2) is 36.4 Å². The molecule has 2 N–H and O–H groups in total. The molecule has 1 aromatic heterocycles. The average molecular weight is 440 g/mol. The molecule has 3 aliphatic carbocycles. The first-order valence-corrected chi connectivity index (χ1v) is 11.1. The number of aryl methyl sites for hydroxylation is 2. The second-order valence-electron chi connectivity index (χ2n) is 8.26. The number of ether oxygens (including phenoxy) is 1. The minimum Gasteiger partial charge on any atom is -0.481 e. The zero-order valence-corrected chi connectivity index (χ0v) is 18.5. The van der Waals surface area contributed by atoms with Crippen molar-refractivity contribution in [2.45, 2.75) is 26.7 Å². The lowest BCUT2D eigenvalue weighted by Crippen LogP contribution is -2.47. The van der Waals surface area contributed by atoms with Crippen LogP contribution in [0.1, 0.15) is 33.6 Å². The third kappa shape index (κ3) is 3.78. The van der Waals surface area contributed by atoms with E-state index in [1.54, 1.807) is 0 Å². The molecule has 4 atom stereocenters. The molecule has 2 bridgehead atoms. The maximum Gasteiger partial charge on any atom is 0.341 e. The summed E-state index contributed by atoms with van der Waals surface area (Å²) in [5.74, 6) is -3.48. The number of methoxy groups -OCH3 is 1. The molecular formula is C24H25NO5S. The maximum atomic E-state index is 13.3. The largest absolute Gasteiger partial charge is 0.481 e. The van der Waals surface area contributed by atoms with Gasteiger partial charge in [0.25, 0.3) is 0 Å². The predicted molar refractivity (Wildman–Crippen MR) is 119 cm³/mol. The summed E-state index contributed by atoms with van der Waals surface area (Å²) in [5.41, 5.74) is 3.01. The first-order chi connectivity index (χ1) is 14.8. The van der Waals surface area contributed by atoms with E-state index >= 15 is 0 Å². The number of aliphatic carboxylic acids is 1. The van der Waals surface area contributed by atoms with Crippen LogP contribution in [0.25, 0.3) is 11.1 Å². The highest BCUT2D eigenvalue weighted by Gasteiger charge is 2.48. The number of allylic oxidation sites excluding steroid dienone is 2. The van der Waals surface area contributed by atoms with Gasteiger partial charge in [-0.25, -0.2) is 4.79 Å². The number of carbonyl (C=O) groups is 3. The van der Waals surface area contributed by atoms with Gasteiger partial charge in [-0.2, -0.15) is 0 Å². The van der Waals surface area contributed by atoms with Crippen molar-refractivity contribution in [3.05, 3.63) is 52.4 Å². The number of carbonyl (C=O) groups excluding carboxylic acids is 2. The summed E-state index contributed by atoms with van der Waals surface area (Å²) in [6, 6.07) is 7.81. The first kappa shape index (κ1) is 21.3. The van der Waals surface area contributed by atoms with E-state index in [0.29, 0.717) is 10.6 Å². The standard InChI is InChI=1S/C24H25NO5S/c1-12-4-6-14(7-5-12)17-13(2)31-22(20(17)24(29)30-3)25-21(26)18-15-8-10-16(11-9-15)19(18)23(27)28/h4-8,10,15-16,18-19H,9,11H2,1-3H3,(H,25,26)(H,27,28)/t15-,16-,18+,19-/m0/s1. The Labute approximate surface area is 184 Å². The Bertz CT molecular complexity index is 1070. The van der Waals surface area contributed by atoms with Crippen molar-refractivity contribution in [3.8, 4) is 11.1 Å². The van der Waals surface area contributed by atoms with Crippen LogP contribution in [0.2, 0.25) is 0 Å². The van der Waals surface area contributed by atoms with E-state index in [2.05, 4.69) is 5.32 Å². The van der Waals surface area contributed by atoms with Gasteiger partial charge < -0.3 is 15.2 Å². The Balaban J connectivity index is 1.71. The number of hydrogen-bond donors (Lipinski definition) is 2. The van der Waals surface area contributed by atoms with Gasteiger partial charge in [0.15, 0.2) is 0 Å². The van der Waals surface area contributed by atoms with Gasteiger partial charge in [-0.3, -0.25) is 9.59 Å². The minimum atomic E-state index is -0.949. The van der Waals surface area contributed by atoms with E-state index in [1.165, 1.54) is 18.4 Å². The molecule has 1 fully saturated rings. The van der Waals surface area contributed by atoms with Crippen molar-refractivity contribution in [2.24, 2.45) is 23.7 Å². The van der Waals surface area contributed by atoms with Crippen LogP contribution in [0.4, 0.5) is 5.00 Å². The minimum absolute atomic E-state index is 0.106. The molecule has 1 amide bonds. The number of hydrogen-bond acceptors (Lipinski definition) is 5. The van der Waals surface area contributed by atoms with Crippen LogP contribution in [0.5, 0.6) is 0 Å². The Hall–Kier alpha value is -2.93. The van der Waals surface area contributed by atoms with E-state index in [1.807, 2.05) is 50.3 Å². The van der Waals surface area contributed by atoms with E-state index in [4.69, 9.17) is 4.74 Å². The summed E-state index contributed by atoms with van der Waals surface area (Å²) in [7, 11) is 1.31. The fourth-order valence-corrected chi connectivity index (χ4v) is 5.95. The normalized spacial score (nSPS) is 24.1. The summed E-state index contributed by atoms with van der Waals surface area (Å²) in [4.78, 5) is 38.8. The molecule has 2 aromatic rings. The van der Waals surface area contributed by atoms with Gasteiger partial charge in [0.05, 0.1) is 18.9 Å². The molecule has 1 saturated carbocycles. The predicted octanol–water partition coefficient (Wildman–Crippen LogP) is 4.67. The van der Waals surface area contributed by atoms with Crippen LogP contribution in [-0.2, 0) is 14.3 Å². The van der Waals surface area contributed by atoms with Crippen molar-refractivity contribution in [1.29, 1.82) is 0 Å². The number of carboxylic acid groups (broad SMARTS) is 1. The van der Waals surface area contributed by atoms with Gasteiger partial charge in [0.2, 0.25) is 5.91 Å². The number of thiophene rings is 1. The zero-order valence-electron chi connectivity index (χ0n) is 17.7. The number of anilines is 1. The maximum absolute atomic E-state index is 13.3. The molecule has 1 aromatic carbocycles. The molecule has 162 valence electrons. The Morgan fingerprint density at radius 2 is 1.65 bits per heavy atom. The highest BCUT2D eigenvalue weighted by Crippen LogP contribution is 2.46. The van der Waals surface area contributed by atoms with Crippen LogP contribution in [0.3, 0.4) is 0 Å². The van der Waals surface area contributed by atoms with Crippen LogP contribution < -0.4 is 5.32 Å². The van der Waals surface area contributed by atoms with Crippen molar-refractivity contribution in [1.82, 2.24) is 0 Å². The van der Waals surface area contributed by atoms with Crippen LogP contribution in [0, 0.1) is 37.5 Å². The third-order valence-corrected chi connectivity index (χ3v) is 7.41. The first-order valence-electron chi connectivity index (χ1n) is 10.3. The van der Waals surface area contributed by atoms with E-state index in [9.17, 15) is 19.5 Å². The summed E-state index contributed by atoms with van der Waals surface area (Å²) >= 11 is 1.31. The number of nitrogens with one attached hydrogen (secondary N) is 1. The molecule has 0 spiro atoms. The second kappa shape index (κ2) is 8.30. The molecule has 5 rings (SSSR count). The number of benzene rings is 1. The molecule has 7 heteroatoms. The molecule has 3 aliphatic rings. The van der Waals surface area contributed by atoms with Gasteiger partial charge in [-0.15, -0.1) is 11.3 Å². The smallest absolute Gasteiger partial charge is 0.341 e. The molecule has 0 radical (unpaired) electrons. The van der Waals surface area contributed by atoms with Gasteiger partial charge in [-0.1, -0.05) is 42.0 Å². The fourth-order valence-electron chi connectivity index (χ4n) is 4.88. The topological polar surface area (TPSA) is 92.7 Å². The van der Waals surface area contributed by atoms with Crippen LogP contribution >= 0.6 is 11.3 Å². The Morgan fingerprint density at radius 3 is 2.19 bits per heavy atom. The molecule has 1 heterocycles. The number of rotatable bonds is 5. The fraction of sp³-hybridized carbons (Fsp3) is 0.375. The molecule has 0 aliphatic heterocycles. The van der Waals surface area contributed by atoms with Gasteiger partial charge in [-0.05, 0) is 44.1 Å². The number of fused-ring (bicyclic) bond motifs is 2. The molecule has 31 heavy (non-hydrogen) atoms. The number of esters is 1. The summed E-state index contributed by atoms with van der Waals surface area (Å²) < 4.78 is 5.02. The van der Waals surface area contributed by atoms with Gasteiger partial charge >= 0.3 is 11.9 Å². The van der Waals surface area contributed by atoms with Crippen molar-refractivity contribution >= 4 is 34.2 Å². The van der Waals surface area contributed by atoms with E-state index < -0.39 is 23.8 Å². The summed E-state index contributed by atoms with van der Waals surface area (Å²) in [5, 5.41) is 13.1. The van der Waals surface area contributed by atoms with Gasteiger partial charge in [0.1, 0.15) is 10.6 Å². The zero-order chi connectivity index (χ0) is 22.3. The van der Waals surface area contributed by atoms with E-state index in [0.717, 1.165) is 34.4 Å². The van der Waals surface area contributed by atoms with Crippen LogP contribution in [-0.4, -0.2) is 30.1 Å². The molecule has 6 nitrogen and oxygen atoms in total. The summed E-state index contributed by atoms with van der Waals surface area (Å²) in [6.07, 6.45) is 5.48. The Morgan fingerprint density at radius 1 is 1.03 bits per heavy atom. The second-order valence-corrected chi connectivity index (χ2v) is 9.49. The molecular weight excluding hydrogens is 414 g/mol. The van der Waals surface area contributed by atoms with Crippen molar-refractivity contribution in [3.63, 3.8) is 0 Å². The number of carboxylic acids is 1. The van der Waals surface area contributed by atoms with Crippen molar-refractivity contribution in [2.75, 3.05) is 12.4 Å². The monoisotopic (exact) mass is 439 g/mol. The van der Waals surface area contributed by atoms with Gasteiger partial charge in [0, 0.05) is 10.4 Å². The quantitative estimate of drug-likeness (QED) is 0.522. The summed E-state index contributed by atoms with van der Waals surface area (Å²) in [6.45, 7) is 3.88. The molecule has 0 saturated heterocycles. The number of amides is 1. The molecule has 0 unspecified atom stereocenters. The highest BCUT2D eigenvalue weighted by molar-refractivity contribution is 7.17. The highest BCUT2D eigenvalue weighted by atomic mass is 32.1. The Kier molecular flexibility index (Phi) is 5.71. The van der Waals surface area contributed by atoms with E-state index in [-0.39, 0.29) is 17.7 Å². The van der Waals surface area contributed by atoms with Crippen molar-refractivity contribution < 1.29 is 24.2 Å². The lowest BCUT2D eigenvalue weighted by atomic mass is 9.62. The average Bonchev–Trinajstić information content (AvgIpc) is 3.09. The lowest BCUT2D eigenvalue weighted by Gasteiger charge is -2.41.